The minimum Gasteiger partial charge on any atom is -0.494 e. The number of carbonyl (C=O) groups is 1. The Hall–Kier alpha value is -4.13. The van der Waals surface area contributed by atoms with E-state index in [9.17, 15) is 19.5 Å². The van der Waals surface area contributed by atoms with Gasteiger partial charge in [0.1, 0.15) is 5.56 Å². The maximum Gasteiger partial charge on any atom is 0.331 e. The van der Waals surface area contributed by atoms with E-state index in [-0.39, 0.29) is 6.54 Å². The van der Waals surface area contributed by atoms with Gasteiger partial charge in [-0.3, -0.25) is 19.1 Å². The van der Waals surface area contributed by atoms with Gasteiger partial charge in [-0.1, -0.05) is 61.9 Å². The highest BCUT2D eigenvalue weighted by atomic mass is 16.3. The molecule has 2 aromatic heterocycles. The quantitative estimate of drug-likeness (QED) is 0.318. The average molecular weight is 444 g/mol. The number of ketones is 1. The Balaban J connectivity index is 1.69. The summed E-state index contributed by atoms with van der Waals surface area (Å²) in [6.07, 6.45) is 6.26. The van der Waals surface area contributed by atoms with E-state index in [2.05, 4.69) is 21.7 Å². The summed E-state index contributed by atoms with van der Waals surface area (Å²) in [7, 11) is 0. The topological polar surface area (TPSA) is 97.1 Å². The van der Waals surface area contributed by atoms with Crippen molar-refractivity contribution in [2.24, 2.45) is 0 Å². The molecule has 0 aliphatic heterocycles. The highest BCUT2D eigenvalue weighted by molar-refractivity contribution is 6.08. The molecular formula is C26H25N3O4. The van der Waals surface area contributed by atoms with Gasteiger partial charge in [-0.2, -0.15) is 0 Å². The monoisotopic (exact) mass is 443 g/mol. The summed E-state index contributed by atoms with van der Waals surface area (Å²) >= 11 is 0. The molecule has 0 spiro atoms. The van der Waals surface area contributed by atoms with Crippen molar-refractivity contribution in [1.82, 2.24) is 14.1 Å². The van der Waals surface area contributed by atoms with Crippen LogP contribution in [0.5, 0.6) is 5.88 Å². The Morgan fingerprint density at radius 2 is 1.79 bits per heavy atom. The molecule has 0 radical (unpaired) electrons. The second-order valence-electron chi connectivity index (χ2n) is 7.88. The standard InChI is InChI=1S/C26H25N3O4/c1-2-3-15-29-25(32)23(24(31)27-26(29)33)22(30)14-13-19-17-28(16-18-9-5-4-6-10-18)21-12-8-7-11-20(19)21/h4-14,17,32H,2-3,15-16H2,1H3,(H,27,31,33)/b14-13+. The fourth-order valence-electron chi connectivity index (χ4n) is 3.87. The summed E-state index contributed by atoms with van der Waals surface area (Å²) in [5.41, 5.74) is 0.917. The third-order valence-electron chi connectivity index (χ3n) is 5.58. The van der Waals surface area contributed by atoms with Gasteiger partial charge in [0.25, 0.3) is 5.56 Å². The molecular weight excluding hydrogens is 418 g/mol. The number of hydrogen-bond donors (Lipinski definition) is 2. The fraction of sp³-hybridized carbons (Fsp3) is 0.192. The van der Waals surface area contributed by atoms with E-state index < -0.39 is 28.5 Å². The van der Waals surface area contributed by atoms with Gasteiger partial charge in [0, 0.05) is 35.8 Å². The lowest BCUT2D eigenvalue weighted by molar-refractivity contribution is 0.104. The Morgan fingerprint density at radius 1 is 1.06 bits per heavy atom. The highest BCUT2D eigenvalue weighted by Crippen LogP contribution is 2.24. The molecule has 4 aromatic rings. The predicted molar refractivity (Wildman–Crippen MR) is 129 cm³/mol. The number of allylic oxidation sites excluding steroid dienone is 1. The number of hydrogen-bond acceptors (Lipinski definition) is 4. The van der Waals surface area contributed by atoms with E-state index in [1.165, 1.54) is 6.08 Å². The van der Waals surface area contributed by atoms with Crippen LogP contribution >= 0.6 is 0 Å². The number of unbranched alkanes of at least 4 members (excludes halogenated alkanes) is 1. The van der Waals surface area contributed by atoms with Gasteiger partial charge in [0.05, 0.1) is 0 Å². The van der Waals surface area contributed by atoms with Crippen LogP contribution in [-0.4, -0.2) is 25.0 Å². The Morgan fingerprint density at radius 3 is 2.55 bits per heavy atom. The lowest BCUT2D eigenvalue weighted by atomic mass is 10.1. The smallest absolute Gasteiger partial charge is 0.331 e. The second kappa shape index (κ2) is 9.56. The Bertz CT molecular complexity index is 1440. The molecule has 2 N–H and O–H groups in total. The lowest BCUT2D eigenvalue weighted by Crippen LogP contribution is -2.33. The first kappa shape index (κ1) is 22.1. The van der Waals surface area contributed by atoms with E-state index in [1.54, 1.807) is 6.08 Å². The van der Waals surface area contributed by atoms with Crippen molar-refractivity contribution >= 4 is 22.8 Å². The summed E-state index contributed by atoms with van der Waals surface area (Å²) < 4.78 is 3.13. The largest absolute Gasteiger partial charge is 0.494 e. The summed E-state index contributed by atoms with van der Waals surface area (Å²) in [4.78, 5) is 39.3. The van der Waals surface area contributed by atoms with Crippen LogP contribution in [0.1, 0.15) is 41.3 Å². The second-order valence-corrected chi connectivity index (χ2v) is 7.88. The SMILES string of the molecule is CCCCn1c(O)c(C(=O)/C=C/c2cn(Cc3ccccc3)c3ccccc23)c(=O)[nH]c1=O. The van der Waals surface area contributed by atoms with E-state index >= 15 is 0 Å². The molecule has 2 heterocycles. The molecule has 0 aliphatic rings. The van der Waals surface area contributed by atoms with Gasteiger partial charge in [-0.25, -0.2) is 4.79 Å². The van der Waals surface area contributed by atoms with Crippen LogP contribution in [0, 0.1) is 0 Å². The number of fused-ring (bicyclic) bond motifs is 1. The van der Waals surface area contributed by atoms with E-state index in [1.807, 2.05) is 55.6 Å². The van der Waals surface area contributed by atoms with Gasteiger partial charge < -0.3 is 9.67 Å². The van der Waals surface area contributed by atoms with Crippen molar-refractivity contribution in [2.75, 3.05) is 0 Å². The van der Waals surface area contributed by atoms with Crippen LogP contribution in [0.2, 0.25) is 0 Å². The normalized spacial score (nSPS) is 11.4. The zero-order valence-electron chi connectivity index (χ0n) is 18.3. The summed E-state index contributed by atoms with van der Waals surface area (Å²) in [5, 5.41) is 11.4. The molecule has 168 valence electrons. The molecule has 33 heavy (non-hydrogen) atoms. The average Bonchev–Trinajstić information content (AvgIpc) is 3.15. The molecule has 0 fully saturated rings. The third kappa shape index (κ3) is 4.57. The van der Waals surface area contributed by atoms with Crippen LogP contribution in [0.15, 0.2) is 76.5 Å². The summed E-state index contributed by atoms with van der Waals surface area (Å²) in [5.74, 6) is -1.27. The minimum absolute atomic E-state index is 0.217. The zero-order valence-corrected chi connectivity index (χ0v) is 18.3. The molecule has 7 heteroatoms. The first-order valence-corrected chi connectivity index (χ1v) is 10.9. The molecule has 4 rings (SSSR count). The van der Waals surface area contributed by atoms with E-state index in [0.717, 1.165) is 33.0 Å². The van der Waals surface area contributed by atoms with Crippen molar-refractivity contribution in [2.45, 2.75) is 32.9 Å². The Labute approximate surface area is 190 Å². The number of aromatic hydroxyl groups is 1. The number of nitrogens with zero attached hydrogens (tertiary/aromatic N) is 2. The first-order chi connectivity index (χ1) is 16.0. The van der Waals surface area contributed by atoms with Crippen molar-refractivity contribution < 1.29 is 9.90 Å². The molecule has 0 unspecified atom stereocenters. The van der Waals surface area contributed by atoms with Crippen LogP contribution in [0.4, 0.5) is 0 Å². The summed E-state index contributed by atoms with van der Waals surface area (Å²) in [6.45, 7) is 2.83. The van der Waals surface area contributed by atoms with Crippen LogP contribution in [-0.2, 0) is 13.1 Å². The van der Waals surface area contributed by atoms with Crippen LogP contribution < -0.4 is 11.2 Å². The molecule has 0 amide bonds. The van der Waals surface area contributed by atoms with Crippen molar-refractivity contribution in [1.29, 1.82) is 0 Å². The molecule has 2 aromatic carbocycles. The van der Waals surface area contributed by atoms with Gasteiger partial charge >= 0.3 is 5.69 Å². The van der Waals surface area contributed by atoms with E-state index in [4.69, 9.17) is 0 Å². The molecule has 7 nitrogen and oxygen atoms in total. The molecule has 0 saturated carbocycles. The third-order valence-corrected chi connectivity index (χ3v) is 5.58. The molecule has 0 aliphatic carbocycles. The number of nitrogens with one attached hydrogen (secondary N) is 1. The van der Waals surface area contributed by atoms with Gasteiger partial charge in [0.2, 0.25) is 5.88 Å². The molecule has 0 saturated heterocycles. The lowest BCUT2D eigenvalue weighted by Gasteiger charge is -2.09. The highest BCUT2D eigenvalue weighted by Gasteiger charge is 2.19. The van der Waals surface area contributed by atoms with Crippen molar-refractivity contribution in [3.63, 3.8) is 0 Å². The number of carbonyl (C=O) groups excluding carboxylic acids is 1. The first-order valence-electron chi connectivity index (χ1n) is 10.9. The maximum absolute atomic E-state index is 12.8. The van der Waals surface area contributed by atoms with Crippen molar-refractivity contribution in [3.8, 4) is 5.88 Å². The van der Waals surface area contributed by atoms with Crippen molar-refractivity contribution in [3.05, 3.63) is 104 Å². The van der Waals surface area contributed by atoms with Crippen LogP contribution in [0.25, 0.3) is 17.0 Å². The predicted octanol–water partition coefficient (Wildman–Crippen LogP) is 3.94. The molecule has 0 bridgehead atoms. The number of aromatic nitrogens is 3. The van der Waals surface area contributed by atoms with E-state index in [0.29, 0.717) is 13.0 Å². The number of para-hydroxylation sites is 1. The summed E-state index contributed by atoms with van der Waals surface area (Å²) in [6, 6.07) is 17.9. The van der Waals surface area contributed by atoms with Gasteiger partial charge in [-0.05, 0) is 30.2 Å². The fourth-order valence-corrected chi connectivity index (χ4v) is 3.87. The molecule has 0 atom stereocenters. The number of H-pyrrole nitrogens is 1. The minimum atomic E-state index is -0.897. The maximum atomic E-state index is 12.8. The number of rotatable bonds is 8. The van der Waals surface area contributed by atoms with Gasteiger partial charge in [-0.15, -0.1) is 0 Å². The zero-order chi connectivity index (χ0) is 23.4. The number of benzene rings is 2. The number of aromatic amines is 1. The van der Waals surface area contributed by atoms with Gasteiger partial charge in [0.15, 0.2) is 5.78 Å². The van der Waals surface area contributed by atoms with Crippen LogP contribution in [0.3, 0.4) is 0 Å². The Kier molecular flexibility index (Phi) is 6.40.